The lowest BCUT2D eigenvalue weighted by atomic mass is 9.88. The lowest BCUT2D eigenvalue weighted by Crippen LogP contribution is -2.41. The topological polar surface area (TPSA) is 87.8 Å². The molecule has 2 aromatic carbocycles. The van der Waals surface area contributed by atoms with Gasteiger partial charge >= 0.3 is 0 Å². The van der Waals surface area contributed by atoms with Crippen LogP contribution in [0.2, 0.25) is 0 Å². The van der Waals surface area contributed by atoms with Crippen LogP contribution < -0.4 is 15.0 Å². The maximum Gasteiger partial charge on any atom is 0.264 e. The minimum absolute atomic E-state index is 0.0178. The van der Waals surface area contributed by atoms with Crippen molar-refractivity contribution in [3.05, 3.63) is 92.4 Å². The predicted molar refractivity (Wildman–Crippen MR) is 185 cm³/mol. The van der Waals surface area contributed by atoms with E-state index < -0.39 is 0 Å². The molecule has 2 aliphatic heterocycles. The van der Waals surface area contributed by atoms with Crippen molar-refractivity contribution >= 4 is 5.91 Å². The van der Waals surface area contributed by atoms with Crippen LogP contribution in [0.5, 0.6) is 11.5 Å². The van der Waals surface area contributed by atoms with Crippen LogP contribution in [-0.2, 0) is 24.8 Å². The fourth-order valence-corrected chi connectivity index (χ4v) is 6.90. The molecule has 0 saturated carbocycles. The Bertz CT molecular complexity index is 1780. The molecule has 3 heterocycles. The largest absolute Gasteiger partial charge is 0.493 e. The Morgan fingerprint density at radius 2 is 1.79 bits per heavy atom. The lowest BCUT2D eigenvalue weighted by molar-refractivity contribution is -0.129. The van der Waals surface area contributed by atoms with Gasteiger partial charge in [-0.1, -0.05) is 51.1 Å². The number of aromatic nitrogens is 1. The van der Waals surface area contributed by atoms with Crippen LogP contribution in [0.15, 0.2) is 59.0 Å². The van der Waals surface area contributed by atoms with Crippen molar-refractivity contribution in [3.8, 4) is 28.7 Å². The molecule has 2 aliphatic rings. The molecular formula is C39H48N4O4. The van der Waals surface area contributed by atoms with Gasteiger partial charge in [-0.05, 0) is 85.4 Å². The van der Waals surface area contributed by atoms with Crippen molar-refractivity contribution in [2.24, 2.45) is 12.5 Å². The number of allylic oxidation sites excluding steroid dienone is 1. The lowest BCUT2D eigenvalue weighted by Gasteiger charge is -2.37. The summed E-state index contributed by atoms with van der Waals surface area (Å²) in [6, 6.07) is 14.5. The molecular weight excluding hydrogens is 588 g/mol. The van der Waals surface area contributed by atoms with Gasteiger partial charge in [0.25, 0.3) is 11.5 Å². The molecule has 1 amide bonds. The van der Waals surface area contributed by atoms with Gasteiger partial charge in [-0.15, -0.1) is 0 Å². The van der Waals surface area contributed by atoms with Gasteiger partial charge in [0.15, 0.2) is 11.5 Å². The first-order chi connectivity index (χ1) is 22.3. The fourth-order valence-electron chi connectivity index (χ4n) is 6.90. The van der Waals surface area contributed by atoms with E-state index in [4.69, 9.17) is 9.47 Å². The molecule has 1 atom stereocenters. The van der Waals surface area contributed by atoms with Crippen molar-refractivity contribution < 1.29 is 14.3 Å². The molecule has 0 spiro atoms. The Labute approximate surface area is 279 Å². The second kappa shape index (κ2) is 13.8. The third kappa shape index (κ3) is 7.31. The molecule has 1 aromatic heterocycles. The Morgan fingerprint density at radius 1 is 1.06 bits per heavy atom. The molecule has 1 unspecified atom stereocenters. The number of fused-ring (bicyclic) bond motifs is 1. The zero-order valence-corrected chi connectivity index (χ0v) is 29.1. The summed E-state index contributed by atoms with van der Waals surface area (Å²) in [6.45, 7) is 15.2. The molecule has 0 radical (unpaired) electrons. The van der Waals surface area contributed by atoms with E-state index in [2.05, 4.69) is 36.1 Å². The number of likely N-dealkylation sites (tertiary alicyclic amines) is 1. The van der Waals surface area contributed by atoms with Crippen LogP contribution in [0, 0.1) is 30.6 Å². The maximum atomic E-state index is 13.4. The van der Waals surface area contributed by atoms with Gasteiger partial charge < -0.3 is 18.9 Å². The smallest absolute Gasteiger partial charge is 0.264 e. The first-order valence-corrected chi connectivity index (χ1v) is 16.6. The Kier molecular flexibility index (Phi) is 9.97. The molecule has 0 bridgehead atoms. The van der Waals surface area contributed by atoms with Crippen LogP contribution in [0.4, 0.5) is 0 Å². The van der Waals surface area contributed by atoms with Crippen molar-refractivity contribution in [3.63, 3.8) is 0 Å². The zero-order valence-electron chi connectivity index (χ0n) is 29.1. The number of rotatable bonds is 7. The molecule has 1 fully saturated rings. The second-order valence-electron chi connectivity index (χ2n) is 14.1. The van der Waals surface area contributed by atoms with Crippen LogP contribution in [0.3, 0.4) is 0 Å². The number of aryl methyl sites for hydroxylation is 1. The number of amides is 1. The molecule has 8 nitrogen and oxygen atoms in total. The monoisotopic (exact) mass is 636 g/mol. The maximum absolute atomic E-state index is 13.4. The summed E-state index contributed by atoms with van der Waals surface area (Å²) in [5, 5.41) is 9.72. The molecule has 248 valence electrons. The first kappa shape index (κ1) is 34.0. The highest BCUT2D eigenvalue weighted by Crippen LogP contribution is 2.37. The summed E-state index contributed by atoms with van der Waals surface area (Å²) in [7, 11) is 3.44. The number of benzene rings is 2. The van der Waals surface area contributed by atoms with E-state index >= 15 is 0 Å². The second-order valence-corrected chi connectivity index (χ2v) is 14.1. The summed E-state index contributed by atoms with van der Waals surface area (Å²) in [6.07, 6.45) is 6.36. The Balaban J connectivity index is 1.23. The molecule has 5 rings (SSSR count). The van der Waals surface area contributed by atoms with E-state index in [1.54, 1.807) is 24.8 Å². The van der Waals surface area contributed by atoms with E-state index in [9.17, 15) is 14.9 Å². The molecule has 8 heteroatoms. The SMILES string of the molecule is COc1cc(-c2cn(C)c(=O)c(C)c2C)ccc1OC1CCN(Cc2cccc3c2CCN(C(=O)C(C#N)=CC(C)(C)C)C3C)CC1. The number of nitriles is 1. The third-order valence-electron chi connectivity index (χ3n) is 9.65. The quantitative estimate of drug-likeness (QED) is 0.213. The van der Waals surface area contributed by atoms with E-state index in [1.165, 1.54) is 16.7 Å². The molecule has 47 heavy (non-hydrogen) atoms. The summed E-state index contributed by atoms with van der Waals surface area (Å²) in [5.74, 6) is 1.23. The van der Waals surface area contributed by atoms with E-state index in [0.717, 1.165) is 66.9 Å². The first-order valence-electron chi connectivity index (χ1n) is 16.6. The van der Waals surface area contributed by atoms with Gasteiger partial charge in [-0.2, -0.15) is 5.26 Å². The van der Waals surface area contributed by atoms with Crippen molar-refractivity contribution in [1.82, 2.24) is 14.4 Å². The number of piperidine rings is 1. The number of nitrogens with zero attached hydrogens (tertiary/aromatic N) is 4. The summed E-state index contributed by atoms with van der Waals surface area (Å²) in [5.41, 5.74) is 7.51. The number of hydrogen-bond donors (Lipinski definition) is 0. The Hall–Kier alpha value is -4.35. The minimum atomic E-state index is -0.246. The number of ether oxygens (including phenoxy) is 2. The summed E-state index contributed by atoms with van der Waals surface area (Å²) >= 11 is 0. The standard InChI is InChI=1S/C39H48N4O4/c1-25-26(2)37(44)41(7)24-34(25)28-12-13-35(36(20-28)46-8)47-31-14-17-42(18-15-31)23-29-10-9-11-32-27(3)43(19-16-33(29)32)38(45)30(22-40)21-39(4,5)6/h9-13,20-21,24,27,31H,14-19,23H2,1-8H3. The number of methoxy groups -OCH3 is 1. The van der Waals surface area contributed by atoms with Crippen LogP contribution in [0.1, 0.15) is 74.4 Å². The van der Waals surface area contributed by atoms with E-state index in [1.807, 2.05) is 63.9 Å². The average Bonchev–Trinajstić information content (AvgIpc) is 3.05. The minimum Gasteiger partial charge on any atom is -0.493 e. The fraction of sp³-hybridized carbons (Fsp3) is 0.462. The number of hydrogen-bond acceptors (Lipinski definition) is 6. The van der Waals surface area contributed by atoms with Crippen LogP contribution >= 0.6 is 0 Å². The van der Waals surface area contributed by atoms with E-state index in [0.29, 0.717) is 12.3 Å². The van der Waals surface area contributed by atoms with Gasteiger partial charge in [0.1, 0.15) is 17.7 Å². The van der Waals surface area contributed by atoms with Crippen molar-refractivity contribution in [1.29, 1.82) is 5.26 Å². The molecule has 0 N–H and O–H groups in total. The summed E-state index contributed by atoms with van der Waals surface area (Å²) in [4.78, 5) is 30.1. The highest BCUT2D eigenvalue weighted by atomic mass is 16.5. The Morgan fingerprint density at radius 3 is 2.45 bits per heavy atom. The third-order valence-corrected chi connectivity index (χ3v) is 9.65. The number of carbonyl (C=O) groups excluding carboxylic acids is 1. The highest BCUT2D eigenvalue weighted by Gasteiger charge is 2.32. The van der Waals surface area contributed by atoms with Gasteiger partial charge in [0, 0.05) is 50.6 Å². The van der Waals surface area contributed by atoms with Gasteiger partial charge in [0.05, 0.1) is 13.2 Å². The number of pyridine rings is 1. The van der Waals surface area contributed by atoms with Crippen molar-refractivity contribution in [2.45, 2.75) is 79.5 Å². The van der Waals surface area contributed by atoms with Crippen molar-refractivity contribution in [2.75, 3.05) is 26.7 Å². The van der Waals surface area contributed by atoms with Gasteiger partial charge in [0.2, 0.25) is 0 Å². The normalized spacial score (nSPS) is 17.6. The molecule has 1 saturated heterocycles. The number of carbonyl (C=O) groups is 1. The molecule has 3 aromatic rings. The molecule has 0 aliphatic carbocycles. The zero-order chi connectivity index (χ0) is 34.0. The average molecular weight is 637 g/mol. The van der Waals surface area contributed by atoms with Crippen LogP contribution in [0.25, 0.3) is 11.1 Å². The van der Waals surface area contributed by atoms with Gasteiger partial charge in [-0.25, -0.2) is 0 Å². The van der Waals surface area contributed by atoms with Crippen LogP contribution in [-0.4, -0.2) is 53.1 Å². The summed E-state index contributed by atoms with van der Waals surface area (Å²) < 4.78 is 13.9. The van der Waals surface area contributed by atoms with E-state index in [-0.39, 0.29) is 34.6 Å². The van der Waals surface area contributed by atoms with Gasteiger partial charge in [-0.3, -0.25) is 14.5 Å². The predicted octanol–water partition coefficient (Wildman–Crippen LogP) is 6.66. The highest BCUT2D eigenvalue weighted by molar-refractivity contribution is 5.97.